The molecule has 0 aromatic heterocycles. The van der Waals surface area contributed by atoms with Gasteiger partial charge >= 0.3 is 0 Å². The predicted octanol–water partition coefficient (Wildman–Crippen LogP) is 3.64. The third-order valence-electron chi connectivity index (χ3n) is 4.76. The molecule has 2 aromatic rings. The predicted molar refractivity (Wildman–Crippen MR) is 99.4 cm³/mol. The number of anilines is 1. The molecule has 1 unspecified atom stereocenters. The molecule has 0 heterocycles. The monoisotopic (exact) mass is 322 g/mol. The van der Waals surface area contributed by atoms with E-state index in [1.54, 1.807) is 6.92 Å². The molecule has 3 heteroatoms. The SMILES string of the molecule is CC(=O)Nc1cccc2c1CCC(NCCc1ccc(C)cc1)C2. The second-order valence-corrected chi connectivity index (χ2v) is 6.75. The van der Waals surface area contributed by atoms with Gasteiger partial charge in [0.2, 0.25) is 5.91 Å². The molecular formula is C21H26N2O. The summed E-state index contributed by atoms with van der Waals surface area (Å²) in [6.07, 6.45) is 4.25. The van der Waals surface area contributed by atoms with Crippen LogP contribution in [0.2, 0.25) is 0 Å². The fraction of sp³-hybridized carbons (Fsp3) is 0.381. The van der Waals surface area contributed by atoms with Gasteiger partial charge in [-0.1, -0.05) is 42.0 Å². The van der Waals surface area contributed by atoms with Crippen LogP contribution in [0.5, 0.6) is 0 Å². The van der Waals surface area contributed by atoms with E-state index in [0.717, 1.165) is 37.9 Å². The standard InChI is InChI=1S/C21H26N2O/c1-15-6-8-17(9-7-15)12-13-22-19-10-11-20-18(14-19)4-3-5-21(20)23-16(2)24/h3-9,19,22H,10-14H2,1-2H3,(H,23,24). The third-order valence-corrected chi connectivity index (χ3v) is 4.76. The van der Waals surface area contributed by atoms with Crippen LogP contribution in [0.25, 0.3) is 0 Å². The summed E-state index contributed by atoms with van der Waals surface area (Å²) in [6.45, 7) is 4.70. The van der Waals surface area contributed by atoms with E-state index in [1.807, 2.05) is 12.1 Å². The minimum absolute atomic E-state index is 0.00162. The molecular weight excluding hydrogens is 296 g/mol. The summed E-state index contributed by atoms with van der Waals surface area (Å²) < 4.78 is 0. The fourth-order valence-corrected chi connectivity index (χ4v) is 3.46. The summed E-state index contributed by atoms with van der Waals surface area (Å²) in [5.41, 5.74) is 6.35. The van der Waals surface area contributed by atoms with Crippen molar-refractivity contribution < 1.29 is 4.79 Å². The van der Waals surface area contributed by atoms with Crippen LogP contribution in [0, 0.1) is 6.92 Å². The molecule has 0 saturated carbocycles. The molecule has 1 aliphatic carbocycles. The van der Waals surface area contributed by atoms with Gasteiger partial charge in [0.25, 0.3) is 0 Å². The average molecular weight is 322 g/mol. The Morgan fingerprint density at radius 3 is 2.71 bits per heavy atom. The largest absolute Gasteiger partial charge is 0.326 e. The van der Waals surface area contributed by atoms with Gasteiger partial charge in [-0.25, -0.2) is 0 Å². The smallest absolute Gasteiger partial charge is 0.221 e. The Kier molecular flexibility index (Phi) is 5.31. The second kappa shape index (κ2) is 7.63. The van der Waals surface area contributed by atoms with Gasteiger partial charge in [0.15, 0.2) is 0 Å². The minimum atomic E-state index is 0.00162. The summed E-state index contributed by atoms with van der Waals surface area (Å²) in [6, 6.07) is 15.5. The first-order valence-electron chi connectivity index (χ1n) is 8.79. The van der Waals surface area contributed by atoms with Gasteiger partial charge in [-0.3, -0.25) is 4.79 Å². The molecule has 0 aliphatic heterocycles. The number of rotatable bonds is 5. The highest BCUT2D eigenvalue weighted by Crippen LogP contribution is 2.28. The average Bonchev–Trinajstić information content (AvgIpc) is 2.56. The maximum Gasteiger partial charge on any atom is 0.221 e. The number of amides is 1. The molecule has 2 aromatic carbocycles. The number of fused-ring (bicyclic) bond motifs is 1. The highest BCUT2D eigenvalue weighted by atomic mass is 16.1. The van der Waals surface area contributed by atoms with Crippen molar-refractivity contribution >= 4 is 11.6 Å². The van der Waals surface area contributed by atoms with Crippen molar-refractivity contribution in [2.75, 3.05) is 11.9 Å². The van der Waals surface area contributed by atoms with E-state index in [2.05, 4.69) is 47.9 Å². The zero-order valence-corrected chi connectivity index (χ0v) is 14.6. The molecule has 0 radical (unpaired) electrons. The fourth-order valence-electron chi connectivity index (χ4n) is 3.46. The highest BCUT2D eigenvalue weighted by molar-refractivity contribution is 5.89. The van der Waals surface area contributed by atoms with Gasteiger partial charge in [-0.2, -0.15) is 0 Å². The van der Waals surface area contributed by atoms with Gasteiger partial charge in [-0.05, 0) is 61.9 Å². The number of nitrogens with one attached hydrogen (secondary N) is 2. The molecule has 0 fully saturated rings. The number of hydrogen-bond acceptors (Lipinski definition) is 2. The summed E-state index contributed by atoms with van der Waals surface area (Å²) in [7, 11) is 0. The van der Waals surface area contributed by atoms with Gasteiger partial charge in [0, 0.05) is 18.7 Å². The molecule has 0 saturated heterocycles. The van der Waals surface area contributed by atoms with Gasteiger partial charge < -0.3 is 10.6 Å². The Labute approximate surface area is 144 Å². The second-order valence-electron chi connectivity index (χ2n) is 6.75. The van der Waals surface area contributed by atoms with Crippen LogP contribution in [0.3, 0.4) is 0 Å². The number of carbonyl (C=O) groups is 1. The lowest BCUT2D eigenvalue weighted by Gasteiger charge is -2.27. The Hall–Kier alpha value is -2.13. The third kappa shape index (κ3) is 4.24. The van der Waals surface area contributed by atoms with Gasteiger partial charge in [0.05, 0.1) is 0 Å². The van der Waals surface area contributed by atoms with E-state index in [-0.39, 0.29) is 5.91 Å². The topological polar surface area (TPSA) is 41.1 Å². The van der Waals surface area contributed by atoms with Crippen molar-refractivity contribution in [1.29, 1.82) is 0 Å². The van der Waals surface area contributed by atoms with E-state index in [9.17, 15) is 4.79 Å². The van der Waals surface area contributed by atoms with Crippen LogP contribution in [0.1, 0.15) is 35.6 Å². The van der Waals surface area contributed by atoms with Gasteiger partial charge in [0.1, 0.15) is 0 Å². The molecule has 1 atom stereocenters. The molecule has 0 bridgehead atoms. The zero-order valence-electron chi connectivity index (χ0n) is 14.6. The molecule has 2 N–H and O–H groups in total. The highest BCUT2D eigenvalue weighted by Gasteiger charge is 2.20. The Bertz CT molecular complexity index is 706. The molecule has 0 spiro atoms. The van der Waals surface area contributed by atoms with Crippen molar-refractivity contribution in [3.05, 3.63) is 64.7 Å². The van der Waals surface area contributed by atoms with Crippen LogP contribution in [0.15, 0.2) is 42.5 Å². The summed E-state index contributed by atoms with van der Waals surface area (Å²) in [4.78, 5) is 11.3. The van der Waals surface area contributed by atoms with E-state index in [1.165, 1.54) is 22.3 Å². The minimum Gasteiger partial charge on any atom is -0.326 e. The molecule has 3 nitrogen and oxygen atoms in total. The first-order chi connectivity index (χ1) is 11.6. The Morgan fingerprint density at radius 2 is 1.96 bits per heavy atom. The molecule has 1 aliphatic rings. The van der Waals surface area contributed by atoms with Gasteiger partial charge in [-0.15, -0.1) is 0 Å². The molecule has 3 rings (SSSR count). The van der Waals surface area contributed by atoms with E-state index in [0.29, 0.717) is 6.04 Å². The van der Waals surface area contributed by atoms with Crippen LogP contribution in [-0.2, 0) is 24.1 Å². The van der Waals surface area contributed by atoms with E-state index in [4.69, 9.17) is 0 Å². The van der Waals surface area contributed by atoms with Crippen LogP contribution < -0.4 is 10.6 Å². The maximum atomic E-state index is 11.3. The van der Waals surface area contributed by atoms with Crippen molar-refractivity contribution in [1.82, 2.24) is 5.32 Å². The van der Waals surface area contributed by atoms with Crippen molar-refractivity contribution in [3.63, 3.8) is 0 Å². The lowest BCUT2D eigenvalue weighted by Crippen LogP contribution is -2.36. The number of carbonyl (C=O) groups excluding carboxylic acids is 1. The van der Waals surface area contributed by atoms with Crippen molar-refractivity contribution in [3.8, 4) is 0 Å². The lowest BCUT2D eigenvalue weighted by atomic mass is 9.87. The summed E-state index contributed by atoms with van der Waals surface area (Å²) in [5, 5.41) is 6.66. The normalized spacial score (nSPS) is 16.5. The zero-order chi connectivity index (χ0) is 16.9. The van der Waals surface area contributed by atoms with E-state index >= 15 is 0 Å². The Morgan fingerprint density at radius 1 is 1.17 bits per heavy atom. The quantitative estimate of drug-likeness (QED) is 0.882. The maximum absolute atomic E-state index is 11.3. The lowest BCUT2D eigenvalue weighted by molar-refractivity contribution is -0.114. The molecule has 126 valence electrons. The first kappa shape index (κ1) is 16.7. The summed E-state index contributed by atoms with van der Waals surface area (Å²) in [5.74, 6) is 0.00162. The molecule has 1 amide bonds. The first-order valence-corrected chi connectivity index (χ1v) is 8.79. The number of aryl methyl sites for hydroxylation is 1. The van der Waals surface area contributed by atoms with Crippen molar-refractivity contribution in [2.24, 2.45) is 0 Å². The van der Waals surface area contributed by atoms with Crippen LogP contribution >= 0.6 is 0 Å². The van der Waals surface area contributed by atoms with Crippen LogP contribution in [-0.4, -0.2) is 18.5 Å². The van der Waals surface area contributed by atoms with Crippen molar-refractivity contribution in [2.45, 2.75) is 45.6 Å². The molecule has 24 heavy (non-hydrogen) atoms. The van der Waals surface area contributed by atoms with E-state index < -0.39 is 0 Å². The Balaban J connectivity index is 1.55. The van der Waals surface area contributed by atoms with Crippen LogP contribution in [0.4, 0.5) is 5.69 Å². The summed E-state index contributed by atoms with van der Waals surface area (Å²) >= 11 is 0. The number of hydrogen-bond donors (Lipinski definition) is 2. The number of benzene rings is 2.